The lowest BCUT2D eigenvalue weighted by atomic mass is 9.82. The van der Waals surface area contributed by atoms with Crippen LogP contribution in [0.5, 0.6) is 5.75 Å². The van der Waals surface area contributed by atoms with Crippen molar-refractivity contribution in [3.8, 4) is 5.75 Å². The number of rotatable bonds is 7. The number of fused-ring (bicyclic) bond motifs is 2. The number of hydrogen-bond acceptors (Lipinski definition) is 6. The van der Waals surface area contributed by atoms with Crippen molar-refractivity contribution in [3.05, 3.63) is 71.4 Å². The van der Waals surface area contributed by atoms with Gasteiger partial charge in [-0.25, -0.2) is 10.3 Å². The summed E-state index contributed by atoms with van der Waals surface area (Å²) in [6.45, 7) is 3.46. The van der Waals surface area contributed by atoms with Crippen LogP contribution in [0, 0.1) is 0 Å². The van der Waals surface area contributed by atoms with Crippen molar-refractivity contribution in [1.82, 2.24) is 15.4 Å². The van der Waals surface area contributed by atoms with E-state index < -0.39 is 11.9 Å². The van der Waals surface area contributed by atoms with Gasteiger partial charge in [0.1, 0.15) is 11.4 Å². The second-order valence-corrected chi connectivity index (χ2v) is 10.8. The first-order valence-electron chi connectivity index (χ1n) is 14.0. The fraction of sp³-hybridized carbons (Fsp3) is 0.419. The number of ketones is 1. The summed E-state index contributed by atoms with van der Waals surface area (Å²) in [5.74, 6) is 0.360. The normalized spacial score (nSPS) is 21.2. The van der Waals surface area contributed by atoms with Crippen LogP contribution in [0.3, 0.4) is 0 Å². The van der Waals surface area contributed by atoms with Crippen molar-refractivity contribution < 1.29 is 23.9 Å². The average molecular weight is 530 g/mol. The Kier molecular flexibility index (Phi) is 7.50. The highest BCUT2D eigenvalue weighted by Gasteiger charge is 2.42. The maximum absolute atomic E-state index is 13.2. The van der Waals surface area contributed by atoms with Crippen molar-refractivity contribution in [2.24, 2.45) is 0 Å². The van der Waals surface area contributed by atoms with E-state index in [1.807, 2.05) is 12.1 Å². The smallest absolute Gasteiger partial charge is 0.267 e. The van der Waals surface area contributed by atoms with Gasteiger partial charge in [0.25, 0.3) is 5.91 Å². The minimum absolute atomic E-state index is 0.0981. The molecule has 2 fully saturated rings. The summed E-state index contributed by atoms with van der Waals surface area (Å²) in [7, 11) is 0. The van der Waals surface area contributed by atoms with Crippen LogP contribution in [0.15, 0.2) is 54.7 Å². The predicted molar refractivity (Wildman–Crippen MR) is 148 cm³/mol. The fourth-order valence-corrected chi connectivity index (χ4v) is 5.83. The molecule has 0 aliphatic carbocycles. The quantitative estimate of drug-likeness (QED) is 0.338. The van der Waals surface area contributed by atoms with E-state index >= 15 is 0 Å². The zero-order valence-electron chi connectivity index (χ0n) is 22.1. The van der Waals surface area contributed by atoms with Crippen molar-refractivity contribution in [1.29, 1.82) is 0 Å². The molecule has 4 heterocycles. The fourth-order valence-electron chi connectivity index (χ4n) is 5.83. The third-order valence-electron chi connectivity index (χ3n) is 8.11. The Morgan fingerprint density at radius 2 is 2.05 bits per heavy atom. The molecule has 1 amide bonds. The molecule has 2 N–H and O–H groups in total. The molecule has 1 atom stereocenters. The van der Waals surface area contributed by atoms with Gasteiger partial charge in [0.15, 0.2) is 12.1 Å². The molecule has 1 aromatic heterocycles. The number of carbonyl (C=O) groups excluding carboxylic acids is 2. The number of piperidine rings is 1. The number of Topliss-reactive ketones (excluding diaryl/α,β-unsaturated/α-hetero) is 1. The zero-order chi connectivity index (χ0) is 26.7. The number of likely N-dealkylation sites (tertiary alicyclic amines) is 1. The average Bonchev–Trinajstić information content (AvgIpc) is 3.38. The highest BCUT2D eigenvalue weighted by molar-refractivity contribution is 6.01. The highest BCUT2D eigenvalue weighted by Crippen LogP contribution is 2.40. The summed E-state index contributed by atoms with van der Waals surface area (Å²) in [4.78, 5) is 36.5. The van der Waals surface area contributed by atoms with E-state index in [1.165, 1.54) is 22.5 Å². The summed E-state index contributed by atoms with van der Waals surface area (Å²) >= 11 is 0. The molecule has 8 nitrogen and oxygen atoms in total. The molecule has 6 rings (SSSR count). The predicted octanol–water partition coefficient (Wildman–Crippen LogP) is 4.80. The molecule has 1 spiro atoms. The number of hydrogen-bond donors (Lipinski definition) is 2. The Labute approximate surface area is 228 Å². The molecule has 3 aromatic rings. The van der Waals surface area contributed by atoms with E-state index in [0.29, 0.717) is 24.3 Å². The Morgan fingerprint density at radius 3 is 2.90 bits per heavy atom. The van der Waals surface area contributed by atoms with E-state index in [0.717, 1.165) is 63.7 Å². The molecule has 3 aliphatic heterocycles. The van der Waals surface area contributed by atoms with Crippen LogP contribution < -0.4 is 10.2 Å². The Bertz CT molecular complexity index is 1370. The summed E-state index contributed by atoms with van der Waals surface area (Å²) in [5, 5.41) is 1.29. The topological polar surface area (TPSA) is 92.9 Å². The van der Waals surface area contributed by atoms with Gasteiger partial charge in [-0.05, 0) is 54.7 Å². The van der Waals surface area contributed by atoms with Gasteiger partial charge in [0.2, 0.25) is 0 Å². The number of nitrogens with zero attached hydrogens (tertiary/aromatic N) is 1. The first-order valence-corrected chi connectivity index (χ1v) is 14.0. The largest absolute Gasteiger partial charge is 0.486 e. The summed E-state index contributed by atoms with van der Waals surface area (Å²) in [6, 6.07) is 13.9. The Hall–Kier alpha value is -3.46. The van der Waals surface area contributed by atoms with Crippen molar-refractivity contribution in [2.75, 3.05) is 26.2 Å². The van der Waals surface area contributed by atoms with Crippen molar-refractivity contribution in [3.63, 3.8) is 0 Å². The Balaban J connectivity index is 1.02. The number of para-hydroxylation sites is 1. The third-order valence-corrected chi connectivity index (χ3v) is 8.11. The molecule has 2 aromatic carbocycles. The molecule has 8 heteroatoms. The molecule has 0 bridgehead atoms. The molecular formula is C31H35N3O5. The van der Waals surface area contributed by atoms with Crippen LogP contribution in [0.1, 0.15) is 60.0 Å². The molecular weight excluding hydrogens is 494 g/mol. The highest BCUT2D eigenvalue weighted by atomic mass is 16.8. The van der Waals surface area contributed by atoms with Gasteiger partial charge in [-0.2, -0.15) is 0 Å². The lowest BCUT2D eigenvalue weighted by molar-refractivity contribution is -0.198. The summed E-state index contributed by atoms with van der Waals surface area (Å²) in [5.41, 5.74) is 5.85. The van der Waals surface area contributed by atoms with Crippen LogP contribution in [-0.2, 0) is 20.8 Å². The number of benzene rings is 2. The van der Waals surface area contributed by atoms with Crippen LogP contribution in [0.2, 0.25) is 0 Å². The van der Waals surface area contributed by atoms with Crippen LogP contribution in [-0.4, -0.2) is 59.7 Å². The lowest BCUT2D eigenvalue weighted by Gasteiger charge is -2.44. The molecule has 39 heavy (non-hydrogen) atoms. The van der Waals surface area contributed by atoms with E-state index in [2.05, 4.69) is 45.8 Å². The minimum atomic E-state index is -0.433. The maximum atomic E-state index is 13.2. The van der Waals surface area contributed by atoms with Gasteiger partial charge in [-0.1, -0.05) is 24.3 Å². The van der Waals surface area contributed by atoms with Crippen LogP contribution in [0.25, 0.3) is 17.0 Å². The molecule has 204 valence electrons. The van der Waals surface area contributed by atoms with Crippen molar-refractivity contribution >= 4 is 28.7 Å². The van der Waals surface area contributed by atoms with E-state index in [9.17, 15) is 9.59 Å². The van der Waals surface area contributed by atoms with Gasteiger partial charge >= 0.3 is 0 Å². The Morgan fingerprint density at radius 1 is 1.18 bits per heavy atom. The number of hydroxylamine groups is 1. The van der Waals surface area contributed by atoms with Gasteiger partial charge < -0.3 is 19.4 Å². The van der Waals surface area contributed by atoms with Gasteiger partial charge in [0, 0.05) is 68.7 Å². The first kappa shape index (κ1) is 25.8. The molecule has 0 radical (unpaired) electrons. The van der Waals surface area contributed by atoms with Gasteiger partial charge in [0.05, 0.1) is 12.0 Å². The molecule has 1 unspecified atom stereocenters. The SMILES string of the molecule is O=C(C=Cc1ccc2c(c1)C(=O)CC1(CCN(CCc3c[nH]c4ccccc34)CC1)O2)NOC1CCCCO1. The standard InChI is InChI=1S/C31H35N3O5/c35-27-20-31(13-16-34(17-14-31)15-12-23-21-32-26-6-2-1-5-24(23)26)38-28-10-8-22(19-25(27)28)9-11-29(36)33-39-30-7-3-4-18-37-30/h1-2,5-6,8-11,19,21,30,32H,3-4,7,12-18,20H2,(H,33,36). The second kappa shape index (κ2) is 11.3. The first-order chi connectivity index (χ1) is 19.1. The molecule has 2 saturated heterocycles. The van der Waals surface area contributed by atoms with Crippen LogP contribution in [0.4, 0.5) is 0 Å². The molecule has 3 aliphatic rings. The number of amides is 1. The molecule has 0 saturated carbocycles. The van der Waals surface area contributed by atoms with Crippen molar-refractivity contribution in [2.45, 2.75) is 56.8 Å². The third kappa shape index (κ3) is 5.93. The van der Waals surface area contributed by atoms with E-state index in [4.69, 9.17) is 14.3 Å². The van der Waals surface area contributed by atoms with Gasteiger partial charge in [-0.3, -0.25) is 9.59 Å². The van der Waals surface area contributed by atoms with Gasteiger partial charge in [-0.15, -0.1) is 0 Å². The number of nitrogens with one attached hydrogen (secondary N) is 2. The number of ether oxygens (including phenoxy) is 2. The van der Waals surface area contributed by atoms with Crippen LogP contribution >= 0.6 is 0 Å². The maximum Gasteiger partial charge on any atom is 0.267 e. The number of carbonyl (C=O) groups is 2. The monoisotopic (exact) mass is 529 g/mol. The number of H-pyrrole nitrogens is 1. The van der Waals surface area contributed by atoms with E-state index in [1.54, 1.807) is 12.1 Å². The number of aromatic nitrogens is 1. The minimum Gasteiger partial charge on any atom is -0.486 e. The lowest BCUT2D eigenvalue weighted by Crippen LogP contribution is -2.51. The van der Waals surface area contributed by atoms with E-state index in [-0.39, 0.29) is 11.7 Å². The number of aromatic amines is 1. The second-order valence-electron chi connectivity index (χ2n) is 10.8. The summed E-state index contributed by atoms with van der Waals surface area (Å²) < 4.78 is 11.9. The zero-order valence-corrected chi connectivity index (χ0v) is 22.1. The summed E-state index contributed by atoms with van der Waals surface area (Å²) in [6.07, 6.45) is 10.6.